The van der Waals surface area contributed by atoms with E-state index in [1.165, 1.54) is 11.1 Å². The highest BCUT2D eigenvalue weighted by Gasteiger charge is 2.17. The number of rotatable bonds is 1. The Kier molecular flexibility index (Phi) is 3.00. The minimum Gasteiger partial charge on any atom is -0.399 e. The summed E-state index contributed by atoms with van der Waals surface area (Å²) in [6, 6.07) is 3.94. The zero-order valence-corrected chi connectivity index (χ0v) is 11.1. The molecule has 1 aliphatic heterocycles. The van der Waals surface area contributed by atoms with Crippen LogP contribution in [-0.4, -0.2) is 15.7 Å². The molecule has 92 valence electrons. The van der Waals surface area contributed by atoms with E-state index in [0.717, 1.165) is 23.2 Å². The lowest BCUT2D eigenvalue weighted by atomic mass is 9.93. The van der Waals surface area contributed by atoms with Crippen LogP contribution in [0.25, 0.3) is 5.57 Å². The molecule has 1 unspecified atom stereocenters. The Morgan fingerprint density at radius 3 is 2.35 bits per heavy atom. The third-order valence-electron chi connectivity index (χ3n) is 3.18. The Morgan fingerprint density at radius 2 is 1.88 bits per heavy atom. The van der Waals surface area contributed by atoms with Gasteiger partial charge in [-0.25, -0.2) is 4.21 Å². The van der Waals surface area contributed by atoms with Crippen LogP contribution in [0, 0.1) is 18.6 Å². The molecule has 0 aromatic heterocycles. The number of aryl methyl sites for hydroxylation is 2. The first-order chi connectivity index (χ1) is 7.89. The normalized spacial score (nSPS) is 24.5. The standard InChI is InChI=1S/C13H18N2OS/c1-9-7-12(14)8-10(2)13(9)11-3-5-17(15,16)6-4-11/h3,7-8,15H,4-6,14H2,1-2H3. The molecule has 0 saturated heterocycles. The van der Waals surface area contributed by atoms with E-state index in [9.17, 15) is 4.21 Å². The quantitative estimate of drug-likeness (QED) is 0.752. The second-order valence-corrected chi connectivity index (χ2v) is 7.06. The molecule has 2 rings (SSSR count). The maximum atomic E-state index is 11.6. The van der Waals surface area contributed by atoms with E-state index in [1.807, 2.05) is 32.1 Å². The first-order valence-electron chi connectivity index (χ1n) is 5.69. The molecule has 3 N–H and O–H groups in total. The van der Waals surface area contributed by atoms with Crippen LogP contribution < -0.4 is 5.73 Å². The van der Waals surface area contributed by atoms with Gasteiger partial charge >= 0.3 is 0 Å². The van der Waals surface area contributed by atoms with Crippen molar-refractivity contribution in [2.24, 2.45) is 0 Å². The molecular weight excluding hydrogens is 232 g/mol. The van der Waals surface area contributed by atoms with Crippen LogP contribution in [0.15, 0.2) is 18.2 Å². The molecule has 1 aromatic rings. The van der Waals surface area contributed by atoms with E-state index in [2.05, 4.69) is 0 Å². The van der Waals surface area contributed by atoms with Crippen molar-refractivity contribution >= 4 is 21.0 Å². The summed E-state index contributed by atoms with van der Waals surface area (Å²) < 4.78 is 19.2. The second-order valence-electron chi connectivity index (χ2n) is 4.69. The first kappa shape index (κ1) is 12.2. The van der Waals surface area contributed by atoms with Crippen molar-refractivity contribution in [2.45, 2.75) is 20.3 Å². The molecule has 0 aliphatic carbocycles. The maximum absolute atomic E-state index is 11.6. The molecular formula is C13H18N2OS. The summed E-state index contributed by atoms with van der Waals surface area (Å²) >= 11 is 0. The molecule has 1 aromatic carbocycles. The van der Waals surface area contributed by atoms with Gasteiger partial charge in [-0.3, -0.25) is 4.78 Å². The molecule has 0 radical (unpaired) electrons. The fourth-order valence-electron chi connectivity index (χ4n) is 2.43. The lowest BCUT2D eigenvalue weighted by Crippen LogP contribution is -2.14. The molecule has 0 fully saturated rings. The first-order valence-corrected chi connectivity index (χ1v) is 7.59. The average molecular weight is 250 g/mol. The highest BCUT2D eigenvalue weighted by atomic mass is 32.2. The molecule has 1 aliphatic rings. The van der Waals surface area contributed by atoms with Crippen LogP contribution in [0.5, 0.6) is 0 Å². The number of hydrogen-bond acceptors (Lipinski definition) is 3. The monoisotopic (exact) mass is 250 g/mol. The summed E-state index contributed by atoms with van der Waals surface area (Å²) in [4.78, 5) is 0. The molecule has 0 spiro atoms. The lowest BCUT2D eigenvalue weighted by molar-refractivity contribution is 0.675. The fourth-order valence-corrected chi connectivity index (χ4v) is 3.61. The van der Waals surface area contributed by atoms with E-state index in [-0.39, 0.29) is 0 Å². The summed E-state index contributed by atoms with van der Waals surface area (Å²) in [5.41, 5.74) is 11.3. The van der Waals surface area contributed by atoms with Gasteiger partial charge in [0, 0.05) is 21.2 Å². The number of nitrogen functional groups attached to an aromatic ring is 1. The van der Waals surface area contributed by atoms with Gasteiger partial charge in [0.2, 0.25) is 0 Å². The number of allylic oxidation sites excluding steroid dienone is 1. The summed E-state index contributed by atoms with van der Waals surface area (Å²) in [6.45, 7) is 4.10. The molecule has 3 nitrogen and oxygen atoms in total. The van der Waals surface area contributed by atoms with Crippen molar-refractivity contribution in [3.8, 4) is 0 Å². The summed E-state index contributed by atoms with van der Waals surface area (Å²) in [7, 11) is -2.36. The molecule has 1 heterocycles. The van der Waals surface area contributed by atoms with Crippen molar-refractivity contribution in [3.05, 3.63) is 34.9 Å². The third kappa shape index (κ3) is 2.52. The largest absolute Gasteiger partial charge is 0.399 e. The second kappa shape index (κ2) is 4.18. The number of anilines is 1. The van der Waals surface area contributed by atoms with Crippen molar-refractivity contribution in [1.82, 2.24) is 0 Å². The highest BCUT2D eigenvalue weighted by Crippen LogP contribution is 2.30. The summed E-state index contributed by atoms with van der Waals surface area (Å²) in [6.07, 6.45) is 2.69. The molecule has 0 saturated carbocycles. The highest BCUT2D eigenvalue weighted by molar-refractivity contribution is 7.92. The van der Waals surface area contributed by atoms with Crippen molar-refractivity contribution in [2.75, 3.05) is 17.2 Å². The van der Waals surface area contributed by atoms with E-state index in [1.54, 1.807) is 0 Å². The van der Waals surface area contributed by atoms with Crippen LogP contribution in [0.3, 0.4) is 0 Å². The summed E-state index contributed by atoms with van der Waals surface area (Å²) in [5.74, 6) is 0.855. The zero-order valence-electron chi connectivity index (χ0n) is 10.2. The fraction of sp³-hybridized carbons (Fsp3) is 0.385. The number of nitrogens with one attached hydrogen (secondary N) is 1. The molecule has 1 atom stereocenters. The Labute approximate surface area is 103 Å². The van der Waals surface area contributed by atoms with Gasteiger partial charge < -0.3 is 5.73 Å². The topological polar surface area (TPSA) is 66.9 Å². The average Bonchev–Trinajstić information content (AvgIpc) is 2.19. The minimum atomic E-state index is -2.36. The van der Waals surface area contributed by atoms with Crippen LogP contribution in [-0.2, 0) is 9.73 Å². The number of benzene rings is 1. The Hall–Kier alpha value is -1.29. The Bertz CT molecular complexity index is 562. The minimum absolute atomic E-state index is 0.381. The SMILES string of the molecule is Cc1cc(N)cc(C)c1C1=CCS(=N)(=O)CC1. The lowest BCUT2D eigenvalue weighted by Gasteiger charge is -2.19. The molecule has 0 bridgehead atoms. The molecule has 17 heavy (non-hydrogen) atoms. The Balaban J connectivity index is 2.46. The van der Waals surface area contributed by atoms with Crippen LogP contribution >= 0.6 is 0 Å². The van der Waals surface area contributed by atoms with E-state index >= 15 is 0 Å². The Morgan fingerprint density at radius 1 is 1.29 bits per heavy atom. The van der Waals surface area contributed by atoms with Crippen molar-refractivity contribution in [3.63, 3.8) is 0 Å². The van der Waals surface area contributed by atoms with E-state index in [0.29, 0.717) is 11.5 Å². The van der Waals surface area contributed by atoms with Gasteiger partial charge in [-0.1, -0.05) is 6.08 Å². The maximum Gasteiger partial charge on any atom is 0.0502 e. The van der Waals surface area contributed by atoms with Crippen LogP contribution in [0.2, 0.25) is 0 Å². The zero-order chi connectivity index (χ0) is 12.6. The van der Waals surface area contributed by atoms with Gasteiger partial charge in [0.05, 0.1) is 5.75 Å². The number of nitrogens with two attached hydrogens (primary N) is 1. The predicted molar refractivity (Wildman–Crippen MR) is 73.5 cm³/mol. The van der Waals surface area contributed by atoms with Gasteiger partial charge in [0.25, 0.3) is 0 Å². The van der Waals surface area contributed by atoms with Gasteiger partial charge in [0.15, 0.2) is 0 Å². The smallest absolute Gasteiger partial charge is 0.0502 e. The van der Waals surface area contributed by atoms with Gasteiger partial charge in [-0.05, 0) is 54.7 Å². The molecule has 4 heteroatoms. The van der Waals surface area contributed by atoms with E-state index in [4.69, 9.17) is 10.5 Å². The van der Waals surface area contributed by atoms with Gasteiger partial charge in [0.1, 0.15) is 0 Å². The van der Waals surface area contributed by atoms with E-state index < -0.39 is 9.73 Å². The van der Waals surface area contributed by atoms with Crippen LogP contribution in [0.4, 0.5) is 5.69 Å². The van der Waals surface area contributed by atoms with Crippen molar-refractivity contribution in [1.29, 1.82) is 4.78 Å². The molecule has 0 amide bonds. The predicted octanol–water partition coefficient (Wildman–Crippen LogP) is 2.72. The summed E-state index contributed by atoms with van der Waals surface area (Å²) in [5, 5.41) is 0. The van der Waals surface area contributed by atoms with Gasteiger partial charge in [-0.2, -0.15) is 0 Å². The third-order valence-corrected chi connectivity index (χ3v) is 4.74. The van der Waals surface area contributed by atoms with Crippen LogP contribution in [0.1, 0.15) is 23.1 Å². The van der Waals surface area contributed by atoms with Crippen molar-refractivity contribution < 1.29 is 4.21 Å². The van der Waals surface area contributed by atoms with Gasteiger partial charge in [-0.15, -0.1) is 0 Å². The number of hydrogen-bond donors (Lipinski definition) is 2.